The van der Waals surface area contributed by atoms with E-state index in [0.29, 0.717) is 6.61 Å². The number of ether oxygens (including phenoxy) is 1. The number of hydrogen-bond acceptors (Lipinski definition) is 2. The van der Waals surface area contributed by atoms with Gasteiger partial charge < -0.3 is 10.1 Å². The lowest BCUT2D eigenvalue weighted by Gasteiger charge is -2.08. The molecule has 0 unspecified atom stereocenters. The van der Waals surface area contributed by atoms with Crippen molar-refractivity contribution in [2.24, 2.45) is 0 Å². The van der Waals surface area contributed by atoms with Gasteiger partial charge in [0.1, 0.15) is 0 Å². The SMILES string of the molecule is FC(F)(F)CNCCOCc1ccc(Br)cc1. The zero-order chi connectivity index (χ0) is 12.7. The van der Waals surface area contributed by atoms with Crippen LogP contribution < -0.4 is 5.32 Å². The second kappa shape index (κ2) is 6.98. The van der Waals surface area contributed by atoms with Crippen LogP contribution in [0.15, 0.2) is 28.7 Å². The summed E-state index contributed by atoms with van der Waals surface area (Å²) in [6.45, 7) is -0.127. The van der Waals surface area contributed by atoms with Crippen molar-refractivity contribution in [2.75, 3.05) is 19.7 Å². The Hall–Kier alpha value is -0.590. The molecule has 0 fully saturated rings. The van der Waals surface area contributed by atoms with E-state index in [9.17, 15) is 13.2 Å². The number of hydrogen-bond donors (Lipinski definition) is 1. The summed E-state index contributed by atoms with van der Waals surface area (Å²) in [4.78, 5) is 0. The normalized spacial score (nSPS) is 11.8. The Morgan fingerprint density at radius 3 is 2.41 bits per heavy atom. The van der Waals surface area contributed by atoms with Crippen molar-refractivity contribution >= 4 is 15.9 Å². The Kier molecular flexibility index (Phi) is 5.94. The Morgan fingerprint density at radius 1 is 1.18 bits per heavy atom. The highest BCUT2D eigenvalue weighted by molar-refractivity contribution is 9.10. The number of rotatable bonds is 6. The molecule has 0 aliphatic carbocycles. The molecule has 0 aliphatic heterocycles. The fourth-order valence-corrected chi connectivity index (χ4v) is 1.41. The summed E-state index contributed by atoms with van der Waals surface area (Å²) in [5.74, 6) is 0. The molecule has 0 aliphatic rings. The van der Waals surface area contributed by atoms with Crippen LogP contribution in [0, 0.1) is 0 Å². The smallest absolute Gasteiger partial charge is 0.375 e. The summed E-state index contributed by atoms with van der Waals surface area (Å²) in [5.41, 5.74) is 0.990. The van der Waals surface area contributed by atoms with E-state index in [1.54, 1.807) is 0 Å². The summed E-state index contributed by atoms with van der Waals surface area (Å²) in [6.07, 6.45) is -4.16. The molecule has 96 valence electrons. The molecular formula is C11H13BrF3NO. The molecule has 1 rings (SSSR count). The summed E-state index contributed by atoms with van der Waals surface area (Å²) in [5, 5.41) is 2.26. The van der Waals surface area contributed by atoms with Gasteiger partial charge in [-0.2, -0.15) is 13.2 Å². The van der Waals surface area contributed by atoms with Crippen LogP contribution in [0.4, 0.5) is 13.2 Å². The topological polar surface area (TPSA) is 21.3 Å². The largest absolute Gasteiger partial charge is 0.401 e. The first-order chi connectivity index (χ1) is 7.97. The molecular weight excluding hydrogens is 299 g/mol. The number of benzene rings is 1. The minimum absolute atomic E-state index is 0.191. The molecule has 1 N–H and O–H groups in total. The van der Waals surface area contributed by atoms with Crippen molar-refractivity contribution in [3.05, 3.63) is 34.3 Å². The molecule has 0 amide bonds. The van der Waals surface area contributed by atoms with E-state index < -0.39 is 12.7 Å². The van der Waals surface area contributed by atoms with Gasteiger partial charge in [0.2, 0.25) is 0 Å². The van der Waals surface area contributed by atoms with Crippen molar-refractivity contribution in [1.29, 1.82) is 0 Å². The number of alkyl halides is 3. The second-order valence-electron chi connectivity index (χ2n) is 3.47. The van der Waals surface area contributed by atoms with Crippen LogP contribution >= 0.6 is 15.9 Å². The van der Waals surface area contributed by atoms with E-state index in [1.807, 2.05) is 24.3 Å². The number of halogens is 4. The van der Waals surface area contributed by atoms with Gasteiger partial charge in [-0.15, -0.1) is 0 Å². The summed E-state index contributed by atoms with van der Waals surface area (Å²) < 4.78 is 41.5. The molecule has 1 aromatic rings. The van der Waals surface area contributed by atoms with Crippen LogP contribution in [0.5, 0.6) is 0 Å². The highest BCUT2D eigenvalue weighted by Crippen LogP contribution is 2.12. The fraction of sp³-hybridized carbons (Fsp3) is 0.455. The first kappa shape index (κ1) is 14.5. The zero-order valence-electron chi connectivity index (χ0n) is 9.06. The van der Waals surface area contributed by atoms with Gasteiger partial charge in [-0.1, -0.05) is 28.1 Å². The molecule has 0 spiro atoms. The molecule has 0 radical (unpaired) electrons. The maximum atomic E-state index is 11.8. The molecule has 0 atom stereocenters. The van der Waals surface area contributed by atoms with Crippen molar-refractivity contribution in [3.8, 4) is 0 Å². The Labute approximate surface area is 106 Å². The number of nitrogens with one attached hydrogen (secondary N) is 1. The van der Waals surface area contributed by atoms with Crippen molar-refractivity contribution in [2.45, 2.75) is 12.8 Å². The molecule has 6 heteroatoms. The van der Waals surface area contributed by atoms with Gasteiger partial charge in [0.15, 0.2) is 0 Å². The fourth-order valence-electron chi connectivity index (χ4n) is 1.15. The summed E-state index contributed by atoms with van der Waals surface area (Å²) in [7, 11) is 0. The highest BCUT2D eigenvalue weighted by atomic mass is 79.9. The second-order valence-corrected chi connectivity index (χ2v) is 4.39. The van der Waals surface area contributed by atoms with E-state index >= 15 is 0 Å². The average Bonchev–Trinajstić information content (AvgIpc) is 2.24. The van der Waals surface area contributed by atoms with Crippen LogP contribution in [-0.4, -0.2) is 25.9 Å². The van der Waals surface area contributed by atoms with Crippen LogP contribution in [-0.2, 0) is 11.3 Å². The van der Waals surface area contributed by atoms with E-state index in [1.165, 1.54) is 0 Å². The summed E-state index contributed by atoms with van der Waals surface area (Å²) >= 11 is 3.31. The average molecular weight is 312 g/mol. The monoisotopic (exact) mass is 311 g/mol. The van der Waals surface area contributed by atoms with Crippen molar-refractivity contribution in [3.63, 3.8) is 0 Å². The van der Waals surface area contributed by atoms with Gasteiger partial charge in [-0.3, -0.25) is 0 Å². The van der Waals surface area contributed by atoms with E-state index in [2.05, 4.69) is 21.2 Å². The molecule has 1 aromatic carbocycles. The lowest BCUT2D eigenvalue weighted by atomic mass is 10.2. The third-order valence-electron chi connectivity index (χ3n) is 1.93. The maximum Gasteiger partial charge on any atom is 0.401 e. The lowest BCUT2D eigenvalue weighted by molar-refractivity contribution is -0.125. The predicted octanol–water partition coefficient (Wildman–Crippen LogP) is 3.12. The first-order valence-electron chi connectivity index (χ1n) is 5.07. The van der Waals surface area contributed by atoms with E-state index in [4.69, 9.17) is 4.74 Å². The van der Waals surface area contributed by atoms with Gasteiger partial charge in [0, 0.05) is 11.0 Å². The Morgan fingerprint density at radius 2 is 1.82 bits per heavy atom. The Balaban J connectivity index is 2.07. The molecule has 0 saturated carbocycles. The predicted molar refractivity (Wildman–Crippen MR) is 62.7 cm³/mol. The summed E-state index contributed by atoms with van der Waals surface area (Å²) in [6, 6.07) is 7.57. The van der Waals surface area contributed by atoms with Crippen LogP contribution in [0.25, 0.3) is 0 Å². The lowest BCUT2D eigenvalue weighted by Crippen LogP contribution is -2.31. The molecule has 0 aromatic heterocycles. The van der Waals surface area contributed by atoms with E-state index in [-0.39, 0.29) is 13.2 Å². The van der Waals surface area contributed by atoms with Crippen LogP contribution in [0.3, 0.4) is 0 Å². The minimum atomic E-state index is -4.16. The zero-order valence-corrected chi connectivity index (χ0v) is 10.6. The van der Waals surface area contributed by atoms with Gasteiger partial charge in [-0.05, 0) is 17.7 Å². The van der Waals surface area contributed by atoms with Gasteiger partial charge >= 0.3 is 6.18 Å². The molecule has 0 bridgehead atoms. The van der Waals surface area contributed by atoms with Gasteiger partial charge in [0.05, 0.1) is 19.8 Å². The maximum absolute atomic E-state index is 11.8. The van der Waals surface area contributed by atoms with Gasteiger partial charge in [-0.25, -0.2) is 0 Å². The highest BCUT2D eigenvalue weighted by Gasteiger charge is 2.25. The third-order valence-corrected chi connectivity index (χ3v) is 2.46. The first-order valence-corrected chi connectivity index (χ1v) is 5.86. The quantitative estimate of drug-likeness (QED) is 0.815. The standard InChI is InChI=1S/C11H13BrF3NO/c12-10-3-1-9(2-4-10)7-17-6-5-16-8-11(13,14)15/h1-4,16H,5-8H2. The third kappa shape index (κ3) is 7.36. The van der Waals surface area contributed by atoms with Crippen LogP contribution in [0.1, 0.15) is 5.56 Å². The minimum Gasteiger partial charge on any atom is -0.375 e. The van der Waals surface area contributed by atoms with Crippen molar-refractivity contribution < 1.29 is 17.9 Å². The van der Waals surface area contributed by atoms with Crippen molar-refractivity contribution in [1.82, 2.24) is 5.32 Å². The Bertz CT molecular complexity index is 326. The van der Waals surface area contributed by atoms with E-state index in [0.717, 1.165) is 10.0 Å². The molecule has 17 heavy (non-hydrogen) atoms. The molecule has 0 heterocycles. The van der Waals surface area contributed by atoms with Gasteiger partial charge in [0.25, 0.3) is 0 Å². The van der Waals surface area contributed by atoms with Crippen LogP contribution in [0.2, 0.25) is 0 Å². The molecule has 0 saturated heterocycles. The molecule has 2 nitrogen and oxygen atoms in total.